The number of hydrogen-bond acceptors (Lipinski definition) is 6. The number of ether oxygens (including phenoxy) is 1. The molecule has 1 aromatic heterocycles. The van der Waals surface area contributed by atoms with Gasteiger partial charge in [-0.1, -0.05) is 6.92 Å². The maximum absolute atomic E-state index is 11.3. The van der Waals surface area contributed by atoms with Crippen LogP contribution < -0.4 is 5.73 Å². The molecule has 0 bridgehead atoms. The molecule has 0 saturated carbocycles. The molecule has 0 spiro atoms. The summed E-state index contributed by atoms with van der Waals surface area (Å²) in [6, 6.07) is 0. The predicted molar refractivity (Wildman–Crippen MR) is 62.3 cm³/mol. The van der Waals surface area contributed by atoms with Crippen LogP contribution in [-0.4, -0.2) is 42.8 Å². The Hall–Kier alpha value is -1.57. The zero-order valence-electron chi connectivity index (χ0n) is 9.71. The van der Waals surface area contributed by atoms with E-state index >= 15 is 0 Å². The molecular weight excluding hydrogens is 246 g/mol. The Kier molecular flexibility index (Phi) is 4.11. The number of esters is 1. The quantitative estimate of drug-likeness (QED) is 0.729. The molecule has 1 rings (SSSR count). The zero-order valence-corrected chi connectivity index (χ0v) is 10.5. The van der Waals surface area contributed by atoms with E-state index < -0.39 is 15.8 Å². The van der Waals surface area contributed by atoms with E-state index in [9.17, 15) is 13.2 Å². The molecule has 0 unspecified atom stereocenters. The highest BCUT2D eigenvalue weighted by molar-refractivity contribution is 7.91. The number of carbonyl (C=O) groups excluding carboxylic acids is 1. The van der Waals surface area contributed by atoms with E-state index in [1.54, 1.807) is 6.92 Å². The van der Waals surface area contributed by atoms with Gasteiger partial charge in [0, 0.05) is 11.9 Å². The van der Waals surface area contributed by atoms with Crippen molar-refractivity contribution in [2.24, 2.45) is 0 Å². The standard InChI is InChI=1S/C9H15N3O4S/c1-3-17(14,15)5-4-12-6-7(10)8(11-12)9(13)16-2/h6H,3-5,10H2,1-2H3. The lowest BCUT2D eigenvalue weighted by molar-refractivity contribution is 0.0594. The average Bonchev–Trinajstić information content (AvgIpc) is 2.67. The first kappa shape index (κ1) is 13.5. The van der Waals surface area contributed by atoms with E-state index in [1.807, 2.05) is 0 Å². The Bertz CT molecular complexity index is 506. The number of nitrogen functional groups attached to an aromatic ring is 1. The summed E-state index contributed by atoms with van der Waals surface area (Å²) in [5.74, 6) is -0.599. The topological polar surface area (TPSA) is 104 Å². The summed E-state index contributed by atoms with van der Waals surface area (Å²) in [5, 5.41) is 3.87. The minimum absolute atomic E-state index is 0.00129. The van der Waals surface area contributed by atoms with Gasteiger partial charge in [0.1, 0.15) is 0 Å². The molecule has 7 nitrogen and oxygen atoms in total. The first-order valence-electron chi connectivity index (χ1n) is 5.01. The third-order valence-corrected chi connectivity index (χ3v) is 3.92. The lowest BCUT2D eigenvalue weighted by atomic mass is 10.4. The molecule has 0 fully saturated rings. The van der Waals surface area contributed by atoms with Gasteiger partial charge in [0.25, 0.3) is 0 Å². The summed E-state index contributed by atoms with van der Waals surface area (Å²) in [5.41, 5.74) is 5.73. The maximum Gasteiger partial charge on any atom is 0.360 e. The van der Waals surface area contributed by atoms with E-state index in [2.05, 4.69) is 9.84 Å². The average molecular weight is 261 g/mol. The number of aromatic nitrogens is 2. The molecule has 0 aromatic carbocycles. The van der Waals surface area contributed by atoms with Gasteiger partial charge in [-0.15, -0.1) is 0 Å². The minimum Gasteiger partial charge on any atom is -0.464 e. The molecule has 0 radical (unpaired) electrons. The molecule has 1 aromatic rings. The second-order valence-corrected chi connectivity index (χ2v) is 5.90. The SMILES string of the molecule is CCS(=O)(=O)CCn1cc(N)c(C(=O)OC)n1. The Morgan fingerprint density at radius 2 is 2.24 bits per heavy atom. The van der Waals surface area contributed by atoms with Crippen molar-refractivity contribution in [3.05, 3.63) is 11.9 Å². The molecule has 0 aliphatic rings. The van der Waals surface area contributed by atoms with Crippen LogP contribution in [0.25, 0.3) is 0 Å². The fraction of sp³-hybridized carbons (Fsp3) is 0.556. The summed E-state index contributed by atoms with van der Waals surface area (Å²) >= 11 is 0. The van der Waals surface area contributed by atoms with Gasteiger partial charge < -0.3 is 10.5 Å². The van der Waals surface area contributed by atoms with Crippen molar-refractivity contribution in [3.8, 4) is 0 Å². The third-order valence-electron chi connectivity index (χ3n) is 2.24. The van der Waals surface area contributed by atoms with Gasteiger partial charge >= 0.3 is 5.97 Å². The highest BCUT2D eigenvalue weighted by atomic mass is 32.2. The van der Waals surface area contributed by atoms with Crippen molar-refractivity contribution in [1.29, 1.82) is 0 Å². The van der Waals surface area contributed by atoms with Crippen molar-refractivity contribution in [1.82, 2.24) is 9.78 Å². The highest BCUT2D eigenvalue weighted by Gasteiger charge is 2.16. The van der Waals surface area contributed by atoms with Gasteiger partial charge in [0.05, 0.1) is 25.1 Å². The molecule has 0 aliphatic heterocycles. The molecule has 0 amide bonds. The molecule has 1 heterocycles. The van der Waals surface area contributed by atoms with Crippen molar-refractivity contribution in [2.75, 3.05) is 24.3 Å². The number of nitrogens with two attached hydrogens (primary N) is 1. The van der Waals surface area contributed by atoms with E-state index in [1.165, 1.54) is 18.0 Å². The van der Waals surface area contributed by atoms with Crippen LogP contribution in [0.2, 0.25) is 0 Å². The molecule has 0 saturated heterocycles. The minimum atomic E-state index is -3.06. The number of anilines is 1. The van der Waals surface area contributed by atoms with Gasteiger partial charge in [-0.25, -0.2) is 13.2 Å². The second kappa shape index (κ2) is 5.17. The van der Waals surface area contributed by atoms with Crippen molar-refractivity contribution in [2.45, 2.75) is 13.5 Å². The normalized spacial score (nSPS) is 11.4. The van der Waals surface area contributed by atoms with Crippen LogP contribution in [0.15, 0.2) is 6.20 Å². The fourth-order valence-corrected chi connectivity index (χ4v) is 1.94. The number of methoxy groups -OCH3 is 1. The lowest BCUT2D eigenvalue weighted by Gasteiger charge is -2.01. The molecule has 2 N–H and O–H groups in total. The van der Waals surface area contributed by atoms with Crippen LogP contribution in [0.4, 0.5) is 5.69 Å². The molecule has 17 heavy (non-hydrogen) atoms. The molecule has 0 aliphatic carbocycles. The third kappa shape index (κ3) is 3.45. The van der Waals surface area contributed by atoms with E-state index in [0.29, 0.717) is 0 Å². The number of rotatable bonds is 5. The van der Waals surface area contributed by atoms with E-state index in [0.717, 1.165) is 0 Å². The highest BCUT2D eigenvalue weighted by Crippen LogP contribution is 2.10. The monoisotopic (exact) mass is 261 g/mol. The van der Waals surface area contributed by atoms with Gasteiger partial charge in [-0.05, 0) is 0 Å². The number of carbonyl (C=O) groups is 1. The molecular formula is C9H15N3O4S. The lowest BCUT2D eigenvalue weighted by Crippen LogP contribution is -2.15. The first-order chi connectivity index (χ1) is 7.89. The van der Waals surface area contributed by atoms with Crippen molar-refractivity contribution < 1.29 is 17.9 Å². The van der Waals surface area contributed by atoms with Gasteiger partial charge in [0.15, 0.2) is 15.5 Å². The first-order valence-corrected chi connectivity index (χ1v) is 6.83. The Labute approximate surface area is 99.5 Å². The summed E-state index contributed by atoms with van der Waals surface area (Å²) in [6.45, 7) is 1.74. The van der Waals surface area contributed by atoms with Crippen LogP contribution in [-0.2, 0) is 21.1 Å². The largest absolute Gasteiger partial charge is 0.464 e. The Morgan fingerprint density at radius 1 is 1.59 bits per heavy atom. The van der Waals surface area contributed by atoms with Gasteiger partial charge in [-0.2, -0.15) is 5.10 Å². The number of aryl methyl sites for hydroxylation is 1. The Morgan fingerprint density at radius 3 is 2.76 bits per heavy atom. The van der Waals surface area contributed by atoms with Gasteiger partial charge in [0.2, 0.25) is 0 Å². The van der Waals surface area contributed by atoms with Crippen LogP contribution in [0, 0.1) is 0 Å². The smallest absolute Gasteiger partial charge is 0.360 e. The van der Waals surface area contributed by atoms with E-state index in [-0.39, 0.29) is 29.4 Å². The summed E-state index contributed by atoms with van der Waals surface area (Å²) in [4.78, 5) is 11.2. The van der Waals surface area contributed by atoms with Crippen LogP contribution in [0.3, 0.4) is 0 Å². The number of hydrogen-bond donors (Lipinski definition) is 1. The second-order valence-electron chi connectivity index (χ2n) is 3.42. The predicted octanol–water partition coefficient (Wildman–Crippen LogP) is -0.313. The van der Waals surface area contributed by atoms with Gasteiger partial charge in [-0.3, -0.25) is 4.68 Å². The number of sulfone groups is 1. The van der Waals surface area contributed by atoms with Crippen LogP contribution >= 0.6 is 0 Å². The summed E-state index contributed by atoms with van der Waals surface area (Å²) in [7, 11) is -1.84. The van der Waals surface area contributed by atoms with Crippen molar-refractivity contribution >= 4 is 21.5 Å². The molecule has 8 heteroatoms. The Balaban J connectivity index is 2.78. The maximum atomic E-state index is 11.3. The van der Waals surface area contributed by atoms with Crippen LogP contribution in [0.5, 0.6) is 0 Å². The van der Waals surface area contributed by atoms with Crippen molar-refractivity contribution in [3.63, 3.8) is 0 Å². The number of nitrogens with zero attached hydrogens (tertiary/aromatic N) is 2. The van der Waals surface area contributed by atoms with E-state index in [4.69, 9.17) is 5.73 Å². The summed E-state index contributed by atoms with van der Waals surface area (Å²) < 4.78 is 28.4. The summed E-state index contributed by atoms with van der Waals surface area (Å²) in [6.07, 6.45) is 1.41. The molecule has 96 valence electrons. The zero-order chi connectivity index (χ0) is 13.1. The fourth-order valence-electron chi connectivity index (χ4n) is 1.18. The van der Waals surface area contributed by atoms with Crippen LogP contribution in [0.1, 0.15) is 17.4 Å². The molecule has 0 atom stereocenters.